The molecular formula is C22H15N3O5. The number of hydrogen-bond acceptors (Lipinski definition) is 5. The van der Waals surface area contributed by atoms with Gasteiger partial charge in [-0.3, -0.25) is 24.5 Å². The van der Waals surface area contributed by atoms with E-state index in [1.54, 1.807) is 55.5 Å². The van der Waals surface area contributed by atoms with Crippen LogP contribution in [-0.4, -0.2) is 22.6 Å². The first-order chi connectivity index (χ1) is 14.4. The minimum absolute atomic E-state index is 0.136. The van der Waals surface area contributed by atoms with E-state index >= 15 is 0 Å². The largest absolute Gasteiger partial charge is 0.322 e. The smallest absolute Gasteiger partial charge is 0.273 e. The van der Waals surface area contributed by atoms with Crippen LogP contribution in [0.2, 0.25) is 0 Å². The van der Waals surface area contributed by atoms with Gasteiger partial charge in [-0.15, -0.1) is 0 Å². The highest BCUT2D eigenvalue weighted by Gasteiger charge is 2.36. The summed E-state index contributed by atoms with van der Waals surface area (Å²) in [4.78, 5) is 49.2. The fourth-order valence-electron chi connectivity index (χ4n) is 3.27. The lowest BCUT2D eigenvalue weighted by Gasteiger charge is -2.14. The van der Waals surface area contributed by atoms with Crippen LogP contribution in [0.1, 0.15) is 36.6 Å². The van der Waals surface area contributed by atoms with Crippen molar-refractivity contribution in [2.45, 2.75) is 6.92 Å². The summed E-state index contributed by atoms with van der Waals surface area (Å²) in [5, 5.41) is 13.7. The van der Waals surface area contributed by atoms with Crippen molar-refractivity contribution in [3.05, 3.63) is 99.1 Å². The molecule has 0 atom stereocenters. The number of hydrogen-bond donors (Lipinski definition) is 1. The molecule has 1 aliphatic heterocycles. The van der Waals surface area contributed by atoms with Crippen molar-refractivity contribution >= 4 is 34.8 Å². The van der Waals surface area contributed by atoms with Crippen molar-refractivity contribution < 1.29 is 19.3 Å². The number of nitrogens with one attached hydrogen (secondary N) is 1. The van der Waals surface area contributed by atoms with Gasteiger partial charge in [0.1, 0.15) is 0 Å². The predicted molar refractivity (Wildman–Crippen MR) is 110 cm³/mol. The van der Waals surface area contributed by atoms with E-state index in [9.17, 15) is 24.5 Å². The van der Waals surface area contributed by atoms with Gasteiger partial charge in [0.15, 0.2) is 0 Å². The van der Waals surface area contributed by atoms with Crippen LogP contribution < -0.4 is 10.2 Å². The molecule has 0 unspecified atom stereocenters. The molecule has 1 heterocycles. The zero-order valence-corrected chi connectivity index (χ0v) is 15.8. The molecular weight excluding hydrogens is 386 g/mol. The van der Waals surface area contributed by atoms with Crippen molar-refractivity contribution in [3.8, 4) is 0 Å². The summed E-state index contributed by atoms with van der Waals surface area (Å²) in [5.41, 5.74) is 1.97. The summed E-state index contributed by atoms with van der Waals surface area (Å²) < 4.78 is 0. The Morgan fingerprint density at radius 2 is 1.53 bits per heavy atom. The van der Waals surface area contributed by atoms with E-state index in [-0.39, 0.29) is 11.3 Å². The maximum Gasteiger partial charge on any atom is 0.273 e. The van der Waals surface area contributed by atoms with Crippen LogP contribution in [0.5, 0.6) is 0 Å². The predicted octanol–water partition coefficient (Wildman–Crippen LogP) is 3.96. The average molecular weight is 401 g/mol. The maximum atomic E-state index is 12.6. The number of benzene rings is 3. The maximum absolute atomic E-state index is 12.6. The van der Waals surface area contributed by atoms with Gasteiger partial charge in [0.2, 0.25) is 0 Å². The second-order valence-corrected chi connectivity index (χ2v) is 6.75. The van der Waals surface area contributed by atoms with Gasteiger partial charge in [-0.05, 0) is 49.4 Å². The van der Waals surface area contributed by atoms with Gasteiger partial charge in [0.25, 0.3) is 23.4 Å². The van der Waals surface area contributed by atoms with E-state index in [1.165, 1.54) is 18.2 Å². The van der Waals surface area contributed by atoms with E-state index < -0.39 is 22.6 Å². The molecule has 0 radical (unpaired) electrons. The Morgan fingerprint density at radius 3 is 2.10 bits per heavy atom. The molecule has 8 heteroatoms. The molecule has 3 aromatic rings. The molecule has 148 valence electrons. The number of amides is 3. The second kappa shape index (κ2) is 7.25. The number of carbonyl (C=O) groups excluding carboxylic acids is 3. The van der Waals surface area contributed by atoms with Crippen LogP contribution in [-0.2, 0) is 0 Å². The highest BCUT2D eigenvalue weighted by Crippen LogP contribution is 2.29. The second-order valence-electron chi connectivity index (χ2n) is 6.75. The van der Waals surface area contributed by atoms with E-state index in [0.29, 0.717) is 28.1 Å². The van der Waals surface area contributed by atoms with Crippen LogP contribution in [0.4, 0.5) is 17.1 Å². The SMILES string of the molecule is Cc1ccc(C(=O)Nc2ccc(N3C(=O)c4ccccc4C3=O)cc2)cc1[N+](=O)[O-]. The first-order valence-corrected chi connectivity index (χ1v) is 9.01. The molecule has 4 rings (SSSR count). The monoisotopic (exact) mass is 401 g/mol. The van der Waals surface area contributed by atoms with Crippen molar-refractivity contribution in [2.24, 2.45) is 0 Å². The summed E-state index contributed by atoms with van der Waals surface area (Å²) in [6.07, 6.45) is 0. The number of imide groups is 1. The van der Waals surface area contributed by atoms with Crippen molar-refractivity contribution in [1.82, 2.24) is 0 Å². The first-order valence-electron chi connectivity index (χ1n) is 9.01. The highest BCUT2D eigenvalue weighted by molar-refractivity contribution is 6.34. The summed E-state index contributed by atoms with van der Waals surface area (Å²) in [7, 11) is 0. The minimum atomic E-state index is -0.539. The lowest BCUT2D eigenvalue weighted by atomic mass is 10.1. The summed E-state index contributed by atoms with van der Waals surface area (Å²) in [6.45, 7) is 1.60. The van der Waals surface area contributed by atoms with Gasteiger partial charge in [-0.25, -0.2) is 4.90 Å². The molecule has 1 N–H and O–H groups in total. The third-order valence-corrected chi connectivity index (χ3v) is 4.85. The molecule has 3 amide bonds. The lowest BCUT2D eigenvalue weighted by molar-refractivity contribution is -0.385. The number of nitro groups is 1. The Kier molecular flexibility index (Phi) is 4.59. The third-order valence-electron chi connectivity index (χ3n) is 4.85. The van der Waals surface area contributed by atoms with Gasteiger partial charge in [-0.1, -0.05) is 18.2 Å². The number of nitrogens with zero attached hydrogens (tertiary/aromatic N) is 2. The van der Waals surface area contributed by atoms with E-state index in [0.717, 1.165) is 4.90 Å². The van der Waals surface area contributed by atoms with E-state index in [2.05, 4.69) is 5.32 Å². The van der Waals surface area contributed by atoms with Crippen molar-refractivity contribution in [2.75, 3.05) is 10.2 Å². The fraction of sp³-hybridized carbons (Fsp3) is 0.0455. The standard InChI is InChI=1S/C22H15N3O5/c1-13-6-7-14(12-19(13)25(29)30)20(26)23-15-8-10-16(11-9-15)24-21(27)17-4-2-3-5-18(17)22(24)28/h2-12H,1H3,(H,23,26). The van der Waals surface area contributed by atoms with Crippen molar-refractivity contribution in [1.29, 1.82) is 0 Å². The molecule has 8 nitrogen and oxygen atoms in total. The van der Waals surface area contributed by atoms with Crippen LogP contribution in [0.3, 0.4) is 0 Å². The molecule has 0 saturated heterocycles. The van der Waals surface area contributed by atoms with Gasteiger partial charge >= 0.3 is 0 Å². The number of nitro benzene ring substituents is 1. The molecule has 30 heavy (non-hydrogen) atoms. The topological polar surface area (TPSA) is 110 Å². The minimum Gasteiger partial charge on any atom is -0.322 e. The normalized spacial score (nSPS) is 12.6. The Balaban J connectivity index is 1.53. The van der Waals surface area contributed by atoms with Crippen LogP contribution in [0, 0.1) is 17.0 Å². The van der Waals surface area contributed by atoms with Crippen LogP contribution >= 0.6 is 0 Å². The lowest BCUT2D eigenvalue weighted by Crippen LogP contribution is -2.29. The zero-order chi connectivity index (χ0) is 21.4. The van der Waals surface area contributed by atoms with Gasteiger partial charge in [0, 0.05) is 22.9 Å². The molecule has 0 bridgehead atoms. The van der Waals surface area contributed by atoms with Gasteiger partial charge in [-0.2, -0.15) is 0 Å². The molecule has 0 aliphatic carbocycles. The zero-order valence-electron chi connectivity index (χ0n) is 15.8. The summed E-state index contributed by atoms with van der Waals surface area (Å²) in [6, 6.07) is 17.0. The molecule has 1 aliphatic rings. The third kappa shape index (κ3) is 3.20. The Bertz CT molecular complexity index is 1180. The Hall–Kier alpha value is -4.33. The molecule has 3 aromatic carbocycles. The number of fused-ring (bicyclic) bond motifs is 1. The molecule has 0 spiro atoms. The quantitative estimate of drug-likeness (QED) is 0.404. The van der Waals surface area contributed by atoms with E-state index in [4.69, 9.17) is 0 Å². The Labute approximate surface area is 170 Å². The average Bonchev–Trinajstić information content (AvgIpc) is 2.99. The van der Waals surface area contributed by atoms with Crippen molar-refractivity contribution in [3.63, 3.8) is 0 Å². The molecule has 0 saturated carbocycles. The van der Waals surface area contributed by atoms with Crippen LogP contribution in [0.15, 0.2) is 66.7 Å². The number of anilines is 2. The van der Waals surface area contributed by atoms with Crippen LogP contribution in [0.25, 0.3) is 0 Å². The summed E-state index contributed by atoms with van der Waals surface area (Å²) in [5.74, 6) is -1.31. The van der Waals surface area contributed by atoms with Gasteiger partial charge in [0.05, 0.1) is 21.7 Å². The van der Waals surface area contributed by atoms with E-state index in [1.807, 2.05) is 0 Å². The highest BCUT2D eigenvalue weighted by atomic mass is 16.6. The fourth-order valence-corrected chi connectivity index (χ4v) is 3.27. The first kappa shape index (κ1) is 19.0. The number of carbonyl (C=O) groups is 3. The Morgan fingerprint density at radius 1 is 0.933 bits per heavy atom. The molecule has 0 aromatic heterocycles. The van der Waals surface area contributed by atoms with Gasteiger partial charge < -0.3 is 5.32 Å². The summed E-state index contributed by atoms with van der Waals surface area (Å²) >= 11 is 0. The number of rotatable bonds is 4. The number of aryl methyl sites for hydroxylation is 1. The molecule has 0 fully saturated rings.